The fraction of sp³-hybridized carbons (Fsp3) is 0.615. The molecule has 102 valence electrons. The van der Waals surface area contributed by atoms with E-state index in [-0.39, 0.29) is 0 Å². The van der Waals surface area contributed by atoms with E-state index >= 15 is 0 Å². The molecular formula is C13H18N4O2. The van der Waals surface area contributed by atoms with Crippen LogP contribution in [0.4, 0.5) is 5.82 Å². The van der Waals surface area contributed by atoms with E-state index in [1.807, 2.05) is 17.0 Å². The predicted octanol–water partition coefficient (Wildman–Crippen LogP) is 0.544. The summed E-state index contributed by atoms with van der Waals surface area (Å²) < 4.78 is 4.99. The van der Waals surface area contributed by atoms with Gasteiger partial charge in [-0.05, 0) is 18.9 Å². The lowest BCUT2D eigenvalue weighted by atomic mass is 10.2. The van der Waals surface area contributed by atoms with Crippen LogP contribution in [0.25, 0.3) is 0 Å². The van der Waals surface area contributed by atoms with Crippen LogP contribution in [-0.2, 0) is 4.79 Å². The summed E-state index contributed by atoms with van der Waals surface area (Å²) in [5.74, 6) is 2.01. The Kier molecular flexibility index (Phi) is 3.23. The first-order chi connectivity index (χ1) is 9.28. The van der Waals surface area contributed by atoms with Crippen molar-refractivity contribution >= 4 is 11.7 Å². The molecule has 3 rings (SSSR count). The molecule has 19 heavy (non-hydrogen) atoms. The Hall–Kier alpha value is -1.85. The number of piperazine rings is 1. The summed E-state index contributed by atoms with van der Waals surface area (Å²) in [4.78, 5) is 16.1. The summed E-state index contributed by atoms with van der Waals surface area (Å²) in [6, 6.07) is 3.72. The Morgan fingerprint density at radius 2 is 1.95 bits per heavy atom. The zero-order valence-corrected chi connectivity index (χ0v) is 11.1. The molecule has 2 fully saturated rings. The zero-order valence-electron chi connectivity index (χ0n) is 11.1. The molecule has 1 saturated carbocycles. The first-order valence-electron chi connectivity index (χ1n) is 6.69. The molecule has 1 aliphatic heterocycles. The molecule has 0 aromatic carbocycles. The highest BCUT2D eigenvalue weighted by molar-refractivity contribution is 5.81. The molecule has 2 heterocycles. The number of hydrogen-bond donors (Lipinski definition) is 0. The van der Waals surface area contributed by atoms with E-state index in [2.05, 4.69) is 15.1 Å². The maximum Gasteiger partial charge on any atom is 0.233 e. The Labute approximate surface area is 112 Å². The van der Waals surface area contributed by atoms with Gasteiger partial charge in [0.25, 0.3) is 0 Å². The molecule has 0 bridgehead atoms. The monoisotopic (exact) mass is 262 g/mol. The summed E-state index contributed by atoms with van der Waals surface area (Å²) >= 11 is 0. The van der Waals surface area contributed by atoms with Crippen LogP contribution in [-0.4, -0.2) is 54.3 Å². The number of rotatable bonds is 3. The Balaban J connectivity index is 1.58. The average molecular weight is 262 g/mol. The van der Waals surface area contributed by atoms with E-state index in [9.17, 15) is 4.79 Å². The molecule has 1 saturated heterocycles. The van der Waals surface area contributed by atoms with E-state index in [0.29, 0.717) is 17.7 Å². The topological polar surface area (TPSA) is 58.6 Å². The molecule has 0 atom stereocenters. The third-order valence-electron chi connectivity index (χ3n) is 3.68. The number of aromatic nitrogens is 2. The number of hydrogen-bond acceptors (Lipinski definition) is 5. The Morgan fingerprint density at radius 1 is 1.21 bits per heavy atom. The van der Waals surface area contributed by atoms with Crippen molar-refractivity contribution in [1.82, 2.24) is 15.1 Å². The highest BCUT2D eigenvalue weighted by Crippen LogP contribution is 2.31. The lowest BCUT2D eigenvalue weighted by molar-refractivity contribution is -0.132. The number of amides is 1. The zero-order chi connectivity index (χ0) is 13.2. The van der Waals surface area contributed by atoms with Crippen molar-refractivity contribution < 1.29 is 9.53 Å². The van der Waals surface area contributed by atoms with E-state index in [0.717, 1.165) is 44.8 Å². The third-order valence-corrected chi connectivity index (χ3v) is 3.68. The van der Waals surface area contributed by atoms with Gasteiger partial charge in [-0.25, -0.2) is 0 Å². The van der Waals surface area contributed by atoms with Gasteiger partial charge in [-0.15, -0.1) is 10.2 Å². The summed E-state index contributed by atoms with van der Waals surface area (Å²) in [5, 5.41) is 8.11. The maximum atomic E-state index is 11.9. The van der Waals surface area contributed by atoms with Crippen LogP contribution >= 0.6 is 0 Å². The molecule has 1 aromatic heterocycles. The van der Waals surface area contributed by atoms with Gasteiger partial charge in [-0.1, -0.05) is 0 Å². The highest BCUT2D eigenvalue weighted by Gasteiger charge is 2.34. The largest absolute Gasteiger partial charge is 0.480 e. The molecule has 1 aliphatic carbocycles. The fourth-order valence-corrected chi connectivity index (χ4v) is 2.33. The van der Waals surface area contributed by atoms with Gasteiger partial charge in [0.1, 0.15) is 0 Å². The van der Waals surface area contributed by atoms with Crippen molar-refractivity contribution in [2.24, 2.45) is 5.92 Å². The fourth-order valence-electron chi connectivity index (χ4n) is 2.33. The van der Waals surface area contributed by atoms with Crippen molar-refractivity contribution in [3.63, 3.8) is 0 Å². The molecule has 0 spiro atoms. The summed E-state index contributed by atoms with van der Waals surface area (Å²) in [7, 11) is 1.58. The second kappa shape index (κ2) is 5.03. The van der Waals surface area contributed by atoms with Crippen molar-refractivity contribution in [2.75, 3.05) is 38.2 Å². The van der Waals surface area contributed by atoms with E-state index in [1.54, 1.807) is 7.11 Å². The molecule has 2 aliphatic rings. The van der Waals surface area contributed by atoms with Crippen molar-refractivity contribution in [3.8, 4) is 5.88 Å². The maximum absolute atomic E-state index is 11.9. The summed E-state index contributed by atoms with van der Waals surface area (Å²) in [6.45, 7) is 3.20. The minimum absolute atomic E-state index is 0.312. The smallest absolute Gasteiger partial charge is 0.233 e. The molecular weight excluding hydrogens is 244 g/mol. The van der Waals surface area contributed by atoms with Gasteiger partial charge < -0.3 is 14.5 Å². The third kappa shape index (κ3) is 2.62. The van der Waals surface area contributed by atoms with Crippen molar-refractivity contribution in [2.45, 2.75) is 12.8 Å². The number of carbonyl (C=O) groups excluding carboxylic acids is 1. The van der Waals surface area contributed by atoms with Crippen molar-refractivity contribution in [1.29, 1.82) is 0 Å². The quantitative estimate of drug-likeness (QED) is 0.796. The van der Waals surface area contributed by atoms with Crippen LogP contribution in [0.3, 0.4) is 0 Å². The molecule has 0 unspecified atom stereocenters. The van der Waals surface area contributed by atoms with Gasteiger partial charge in [0.05, 0.1) is 7.11 Å². The van der Waals surface area contributed by atoms with Crippen LogP contribution < -0.4 is 9.64 Å². The normalized spacial score (nSPS) is 19.4. The molecule has 1 aromatic rings. The molecule has 6 heteroatoms. The van der Waals surface area contributed by atoms with E-state index in [4.69, 9.17) is 4.74 Å². The second-order valence-corrected chi connectivity index (χ2v) is 5.02. The van der Waals surface area contributed by atoms with Crippen LogP contribution in [0.15, 0.2) is 12.1 Å². The first-order valence-corrected chi connectivity index (χ1v) is 6.69. The Morgan fingerprint density at radius 3 is 2.47 bits per heavy atom. The van der Waals surface area contributed by atoms with Crippen molar-refractivity contribution in [3.05, 3.63) is 12.1 Å². The molecule has 1 amide bonds. The highest BCUT2D eigenvalue weighted by atomic mass is 16.5. The van der Waals surface area contributed by atoms with E-state index < -0.39 is 0 Å². The van der Waals surface area contributed by atoms with Crippen LogP contribution in [0.2, 0.25) is 0 Å². The number of methoxy groups -OCH3 is 1. The minimum Gasteiger partial charge on any atom is -0.480 e. The van der Waals surface area contributed by atoms with Gasteiger partial charge in [-0.3, -0.25) is 4.79 Å². The van der Waals surface area contributed by atoms with Gasteiger partial charge >= 0.3 is 0 Å². The minimum atomic E-state index is 0.312. The summed E-state index contributed by atoms with van der Waals surface area (Å²) in [5.41, 5.74) is 0. The predicted molar refractivity (Wildman–Crippen MR) is 70.1 cm³/mol. The van der Waals surface area contributed by atoms with Gasteiger partial charge in [0, 0.05) is 38.2 Å². The number of nitrogens with zero attached hydrogens (tertiary/aromatic N) is 4. The SMILES string of the molecule is COc1ccc(N2CCN(C(=O)C3CC3)CC2)nn1. The summed E-state index contributed by atoms with van der Waals surface area (Å²) in [6.07, 6.45) is 2.14. The average Bonchev–Trinajstić information content (AvgIpc) is 3.31. The van der Waals surface area contributed by atoms with Gasteiger partial charge in [0.2, 0.25) is 11.8 Å². The first kappa shape index (κ1) is 12.2. The number of ether oxygens (including phenoxy) is 1. The standard InChI is InChI=1S/C13H18N4O2/c1-19-12-5-4-11(14-15-12)16-6-8-17(9-7-16)13(18)10-2-3-10/h4-5,10H,2-3,6-9H2,1H3. The second-order valence-electron chi connectivity index (χ2n) is 5.02. The van der Waals surface area contributed by atoms with Gasteiger partial charge in [0.15, 0.2) is 5.82 Å². The van der Waals surface area contributed by atoms with Crippen LogP contribution in [0.1, 0.15) is 12.8 Å². The lowest BCUT2D eigenvalue weighted by Crippen LogP contribution is -2.49. The van der Waals surface area contributed by atoms with Crippen LogP contribution in [0.5, 0.6) is 5.88 Å². The van der Waals surface area contributed by atoms with Gasteiger partial charge in [-0.2, -0.15) is 0 Å². The number of anilines is 1. The Bertz CT molecular complexity index is 450. The number of carbonyl (C=O) groups is 1. The molecule has 0 radical (unpaired) electrons. The van der Waals surface area contributed by atoms with E-state index in [1.165, 1.54) is 0 Å². The molecule has 0 N–H and O–H groups in total. The lowest BCUT2D eigenvalue weighted by Gasteiger charge is -2.35. The molecule has 6 nitrogen and oxygen atoms in total. The van der Waals surface area contributed by atoms with Crippen LogP contribution in [0, 0.1) is 5.92 Å².